The van der Waals surface area contributed by atoms with E-state index in [2.05, 4.69) is 25.6 Å². The van der Waals surface area contributed by atoms with E-state index in [0.717, 1.165) is 24.1 Å². The molecule has 2 amide bonds. The van der Waals surface area contributed by atoms with E-state index in [9.17, 15) is 9.59 Å². The number of anilines is 3. The fourth-order valence-corrected chi connectivity index (χ4v) is 3.37. The Morgan fingerprint density at radius 2 is 1.92 bits per heavy atom. The van der Waals surface area contributed by atoms with Gasteiger partial charge < -0.3 is 27.2 Å². The van der Waals surface area contributed by atoms with Gasteiger partial charge >= 0.3 is 0 Å². The minimum absolute atomic E-state index is 0.00490. The first-order valence-corrected chi connectivity index (χ1v) is 11.9. The highest BCUT2D eigenvalue weighted by atomic mass is 16.3. The van der Waals surface area contributed by atoms with Crippen LogP contribution >= 0.6 is 0 Å². The number of hydrogen-bond donors (Lipinski definition) is 5. The summed E-state index contributed by atoms with van der Waals surface area (Å²) in [7, 11) is 0. The fourth-order valence-electron chi connectivity index (χ4n) is 3.37. The second kappa shape index (κ2) is 12.1. The molecule has 0 saturated carbocycles. The maximum Gasteiger partial charge on any atom is 0.283 e. The smallest absolute Gasteiger partial charge is 0.283 e. The van der Waals surface area contributed by atoms with Crippen molar-refractivity contribution in [3.63, 3.8) is 0 Å². The number of rotatable bonds is 5. The minimum atomic E-state index is -0.587. The largest absolute Gasteiger partial charge is 0.396 e. The number of nitrogens with zero attached hydrogens (tertiary/aromatic N) is 3. The summed E-state index contributed by atoms with van der Waals surface area (Å²) in [6.45, 7) is 6.41. The topological polar surface area (TPSA) is 169 Å². The van der Waals surface area contributed by atoms with Crippen LogP contribution < -0.4 is 22.1 Å². The lowest BCUT2D eigenvalue weighted by Crippen LogP contribution is -2.31. The number of fused-ring (bicyclic) bond motifs is 1. The first-order valence-electron chi connectivity index (χ1n) is 11.9. The van der Waals surface area contributed by atoms with Crippen LogP contribution in [0.1, 0.15) is 52.6 Å². The zero-order valence-electron chi connectivity index (χ0n) is 21.3. The Balaban J connectivity index is 0.000000356. The Kier molecular flexibility index (Phi) is 8.91. The Hall–Kier alpha value is -4.31. The molecule has 10 nitrogen and oxygen atoms in total. The minimum Gasteiger partial charge on any atom is -0.396 e. The summed E-state index contributed by atoms with van der Waals surface area (Å²) in [5.74, 6) is -0.216. The van der Waals surface area contributed by atoms with Crippen molar-refractivity contribution in [2.24, 2.45) is 16.1 Å². The molecule has 4 rings (SSSR count). The number of hydrogen-bond acceptors (Lipinski definition) is 7. The summed E-state index contributed by atoms with van der Waals surface area (Å²) < 4.78 is 0. The summed E-state index contributed by atoms with van der Waals surface area (Å²) in [5, 5.41) is 14.4. The van der Waals surface area contributed by atoms with Crippen molar-refractivity contribution in [2.75, 3.05) is 24.2 Å². The van der Waals surface area contributed by atoms with Crippen LogP contribution in [-0.4, -0.2) is 45.9 Å². The first-order chi connectivity index (χ1) is 17.6. The van der Waals surface area contributed by atoms with Crippen LogP contribution in [0.4, 0.5) is 17.5 Å². The summed E-state index contributed by atoms with van der Waals surface area (Å²) >= 11 is 0. The number of amidine groups is 1. The molecule has 0 saturated heterocycles. The van der Waals surface area contributed by atoms with Gasteiger partial charge in [-0.25, -0.2) is 4.98 Å². The zero-order chi connectivity index (χ0) is 27.0. The molecule has 10 heteroatoms. The third-order valence-corrected chi connectivity index (χ3v) is 5.57. The van der Waals surface area contributed by atoms with Crippen molar-refractivity contribution in [1.82, 2.24) is 15.3 Å². The molecule has 2 aromatic carbocycles. The number of nitrogens with one attached hydrogen (secondary N) is 2. The van der Waals surface area contributed by atoms with Gasteiger partial charge in [-0.15, -0.1) is 0 Å². The van der Waals surface area contributed by atoms with E-state index in [4.69, 9.17) is 16.6 Å². The highest BCUT2D eigenvalue weighted by molar-refractivity contribution is 6.06. The maximum atomic E-state index is 12.3. The molecule has 7 N–H and O–H groups in total. The number of amides is 2. The van der Waals surface area contributed by atoms with Crippen LogP contribution in [0, 0.1) is 5.41 Å². The molecule has 2 heterocycles. The molecule has 194 valence electrons. The summed E-state index contributed by atoms with van der Waals surface area (Å²) in [4.78, 5) is 36.3. The number of carbonyl (C=O) groups is 2. The van der Waals surface area contributed by atoms with Gasteiger partial charge in [0, 0.05) is 36.0 Å². The van der Waals surface area contributed by atoms with E-state index in [1.807, 2.05) is 57.2 Å². The third-order valence-electron chi connectivity index (χ3n) is 5.57. The average Bonchev–Trinajstić information content (AvgIpc) is 2.85. The van der Waals surface area contributed by atoms with Crippen LogP contribution in [0.5, 0.6) is 0 Å². The molecule has 0 bridgehead atoms. The van der Waals surface area contributed by atoms with Crippen molar-refractivity contribution >= 4 is 35.1 Å². The van der Waals surface area contributed by atoms with Gasteiger partial charge in [-0.2, -0.15) is 9.98 Å². The van der Waals surface area contributed by atoms with Gasteiger partial charge in [-0.3, -0.25) is 9.59 Å². The fraction of sp³-hybridized carbons (Fsp3) is 0.296. The normalized spacial score (nSPS) is 13.1. The van der Waals surface area contributed by atoms with Gasteiger partial charge in [0.25, 0.3) is 11.8 Å². The number of aliphatic hydroxyl groups excluding tert-OH is 1. The third kappa shape index (κ3) is 7.58. The van der Waals surface area contributed by atoms with Crippen molar-refractivity contribution in [3.05, 3.63) is 77.0 Å². The summed E-state index contributed by atoms with van der Waals surface area (Å²) in [6, 6.07) is 15.3. The number of aliphatic hydroxyl groups is 1. The monoisotopic (exact) mass is 503 g/mol. The first kappa shape index (κ1) is 27.3. The lowest BCUT2D eigenvalue weighted by Gasteiger charge is -2.17. The summed E-state index contributed by atoms with van der Waals surface area (Å²) in [6.07, 6.45) is 2.83. The van der Waals surface area contributed by atoms with E-state index in [1.165, 1.54) is 11.8 Å². The SMILES string of the molecule is CC(C)(C)C(N)=NC(=O)c1cnc(Nc2ccc3c(c2)CCNC3=O)nc1N.OCCc1ccccc1. The number of nitrogen functional groups attached to an aromatic ring is 1. The number of nitrogens with two attached hydrogens (primary N) is 2. The van der Waals surface area contributed by atoms with Crippen LogP contribution in [0.15, 0.2) is 59.7 Å². The highest BCUT2D eigenvalue weighted by Gasteiger charge is 2.20. The van der Waals surface area contributed by atoms with E-state index in [-0.39, 0.29) is 35.7 Å². The number of aromatic nitrogens is 2. The molecular formula is C27H33N7O3. The second-order valence-electron chi connectivity index (χ2n) is 9.51. The van der Waals surface area contributed by atoms with Crippen molar-refractivity contribution < 1.29 is 14.7 Å². The number of carbonyl (C=O) groups excluding carboxylic acids is 2. The molecule has 1 aromatic heterocycles. The molecule has 37 heavy (non-hydrogen) atoms. The summed E-state index contributed by atoms with van der Waals surface area (Å²) in [5.41, 5.74) is 14.9. The van der Waals surface area contributed by atoms with E-state index in [0.29, 0.717) is 12.1 Å². The molecule has 0 aliphatic carbocycles. The molecule has 1 aliphatic rings. The Bertz CT molecular complexity index is 1280. The lowest BCUT2D eigenvalue weighted by molar-refractivity contribution is 0.0945. The maximum absolute atomic E-state index is 12.3. The van der Waals surface area contributed by atoms with Gasteiger partial charge in [0.05, 0.1) is 0 Å². The van der Waals surface area contributed by atoms with E-state index >= 15 is 0 Å². The standard InChI is InChI=1S/C19H23N7O2.C8H10O/c1-19(2,3)17(21)26-16(28)13-9-23-18(25-14(13)20)24-11-4-5-12-10(8-11)6-7-22-15(12)27;9-7-6-8-4-2-1-3-5-8/h4-5,8-9H,6-7H2,1-3H3,(H,22,27)(H2,21,26,28)(H3,20,23,24,25);1-5,9H,6-7H2. The Labute approximate surface area is 216 Å². The van der Waals surface area contributed by atoms with Gasteiger partial charge in [-0.1, -0.05) is 51.1 Å². The molecule has 0 unspecified atom stereocenters. The predicted molar refractivity (Wildman–Crippen MR) is 145 cm³/mol. The quantitative estimate of drug-likeness (QED) is 0.261. The van der Waals surface area contributed by atoms with Gasteiger partial charge in [0.1, 0.15) is 17.2 Å². The highest BCUT2D eigenvalue weighted by Crippen LogP contribution is 2.22. The van der Waals surface area contributed by atoms with E-state index in [1.54, 1.807) is 12.1 Å². The van der Waals surface area contributed by atoms with Crippen LogP contribution in [0.3, 0.4) is 0 Å². The molecule has 1 aliphatic heterocycles. The molecule has 0 atom stereocenters. The predicted octanol–water partition coefficient (Wildman–Crippen LogP) is 2.85. The Morgan fingerprint density at radius 3 is 2.57 bits per heavy atom. The zero-order valence-corrected chi connectivity index (χ0v) is 21.3. The van der Waals surface area contributed by atoms with Crippen molar-refractivity contribution in [2.45, 2.75) is 33.6 Å². The van der Waals surface area contributed by atoms with Crippen LogP contribution in [0.25, 0.3) is 0 Å². The number of aliphatic imine (C=N–C) groups is 1. The lowest BCUT2D eigenvalue weighted by atomic mass is 9.95. The number of benzene rings is 2. The molecule has 0 fully saturated rings. The Morgan fingerprint density at radius 1 is 1.19 bits per heavy atom. The van der Waals surface area contributed by atoms with E-state index < -0.39 is 11.3 Å². The van der Waals surface area contributed by atoms with Gasteiger partial charge in [-0.05, 0) is 42.2 Å². The molecule has 0 spiro atoms. The average molecular weight is 504 g/mol. The second-order valence-corrected chi connectivity index (χ2v) is 9.51. The van der Waals surface area contributed by atoms with Crippen LogP contribution in [0.2, 0.25) is 0 Å². The molecule has 0 radical (unpaired) electrons. The van der Waals surface area contributed by atoms with Crippen LogP contribution in [-0.2, 0) is 12.8 Å². The molecule has 3 aromatic rings. The molecular weight excluding hydrogens is 470 g/mol. The van der Waals surface area contributed by atoms with Crippen molar-refractivity contribution in [3.8, 4) is 0 Å². The van der Waals surface area contributed by atoms with Gasteiger partial charge in [0.15, 0.2) is 0 Å². The van der Waals surface area contributed by atoms with Crippen molar-refractivity contribution in [1.29, 1.82) is 0 Å². The van der Waals surface area contributed by atoms with Gasteiger partial charge in [0.2, 0.25) is 5.95 Å².